The van der Waals surface area contributed by atoms with E-state index in [0.717, 1.165) is 39.9 Å². The lowest BCUT2D eigenvalue weighted by Gasteiger charge is -2.27. The Kier molecular flexibility index (Phi) is 7.64. The molecule has 1 aromatic carbocycles. The fraction of sp³-hybridized carbons (Fsp3) is 0.417. The Labute approximate surface area is 197 Å². The van der Waals surface area contributed by atoms with Gasteiger partial charge in [0.1, 0.15) is 17.3 Å². The first-order valence-corrected chi connectivity index (χ1v) is 12.5. The molecule has 0 N–H and O–H groups in total. The second kappa shape index (κ2) is 10.6. The number of ether oxygens (including phenoxy) is 1. The molecule has 0 saturated heterocycles. The molecule has 3 heterocycles. The summed E-state index contributed by atoms with van der Waals surface area (Å²) in [5.41, 5.74) is 4.50. The zero-order chi connectivity index (χ0) is 23.4. The van der Waals surface area contributed by atoms with Crippen molar-refractivity contribution in [3.05, 3.63) is 64.9 Å². The molecule has 1 aliphatic rings. The average Bonchev–Trinajstić information content (AvgIpc) is 3.13. The van der Waals surface area contributed by atoms with E-state index in [1.165, 1.54) is 29.0 Å². The van der Waals surface area contributed by atoms with E-state index in [4.69, 9.17) is 9.57 Å². The van der Waals surface area contributed by atoms with Crippen molar-refractivity contribution >= 4 is 28.6 Å². The molecule has 1 amide bonds. The van der Waals surface area contributed by atoms with Gasteiger partial charge in [-0.3, -0.25) is 4.79 Å². The molecule has 0 saturated carbocycles. The van der Waals surface area contributed by atoms with Gasteiger partial charge in [-0.15, -0.1) is 0 Å². The molecule has 176 valence electrons. The van der Waals surface area contributed by atoms with E-state index >= 15 is 0 Å². The molecule has 0 fully saturated rings. The molecule has 7 nitrogen and oxygen atoms in total. The Balaban J connectivity index is 1.63. The van der Waals surface area contributed by atoms with Crippen LogP contribution in [0.3, 0.4) is 0 Å². The number of pyridine rings is 1. The van der Waals surface area contributed by atoms with Crippen molar-refractivity contribution in [2.45, 2.75) is 19.5 Å². The van der Waals surface area contributed by atoms with Gasteiger partial charge < -0.3 is 14.2 Å². The number of amides is 1. The molecule has 0 bridgehead atoms. The number of hydrogen-bond donors (Lipinski definition) is 0. The number of thiol groups is 1. The summed E-state index contributed by atoms with van der Waals surface area (Å²) < 4.78 is 20.9. The molecular weight excluding hydrogens is 443 g/mol. The van der Waals surface area contributed by atoms with Gasteiger partial charge in [0.05, 0.1) is 31.1 Å². The Morgan fingerprint density at radius 3 is 2.76 bits per heavy atom. The van der Waals surface area contributed by atoms with Crippen LogP contribution in [0.1, 0.15) is 27.2 Å². The van der Waals surface area contributed by atoms with Crippen LogP contribution in [0.2, 0.25) is 0 Å². The van der Waals surface area contributed by atoms with E-state index in [9.17, 15) is 9.18 Å². The highest BCUT2D eigenvalue weighted by atomic mass is 32.2. The van der Waals surface area contributed by atoms with E-state index in [1.807, 2.05) is 14.1 Å². The first kappa shape index (κ1) is 23.7. The molecule has 0 unspecified atom stereocenters. The van der Waals surface area contributed by atoms with Crippen LogP contribution in [0.5, 0.6) is 0 Å². The van der Waals surface area contributed by atoms with Crippen LogP contribution in [0.15, 0.2) is 36.7 Å². The fourth-order valence-corrected chi connectivity index (χ4v) is 4.43. The van der Waals surface area contributed by atoms with Gasteiger partial charge in [-0.05, 0) is 61.1 Å². The first-order valence-electron chi connectivity index (χ1n) is 10.9. The lowest BCUT2D eigenvalue weighted by molar-refractivity contribution is -0.195. The Hall–Kier alpha value is -2.46. The maximum absolute atomic E-state index is 13.3. The molecule has 1 aliphatic heterocycles. The topological polar surface area (TPSA) is 59.8 Å². The van der Waals surface area contributed by atoms with Crippen LogP contribution in [-0.2, 0) is 40.8 Å². The zero-order valence-electron chi connectivity index (χ0n) is 19.3. The lowest BCUT2D eigenvalue weighted by atomic mass is 9.99. The number of fused-ring (bicyclic) bond motifs is 3. The predicted molar refractivity (Wildman–Crippen MR) is 129 cm³/mol. The van der Waals surface area contributed by atoms with Gasteiger partial charge in [-0.1, -0.05) is 12.1 Å². The summed E-state index contributed by atoms with van der Waals surface area (Å²) in [5.74, 6) is 0.446. The largest absolute Gasteiger partial charge is 0.348 e. The minimum Gasteiger partial charge on any atom is -0.348 e. The molecule has 9 heteroatoms. The van der Waals surface area contributed by atoms with Crippen LogP contribution in [0.4, 0.5) is 4.39 Å². The quantitative estimate of drug-likeness (QED) is 0.196. The molecule has 0 atom stereocenters. The predicted octanol–water partition coefficient (Wildman–Crippen LogP) is 2.63. The SMILES string of the molecule is C[SH+]CCOCON1CCc2c(ncc3c2c(CN(C)C)cn3Cc2ccc(F)cc2)C1=O. The maximum Gasteiger partial charge on any atom is 0.296 e. The molecular formula is C24H30FN4O3S+. The molecule has 4 rings (SSSR count). The van der Waals surface area contributed by atoms with Gasteiger partial charge >= 0.3 is 0 Å². The summed E-state index contributed by atoms with van der Waals surface area (Å²) in [7, 11) is 4.05. The third kappa shape index (κ3) is 5.38. The molecule has 0 aliphatic carbocycles. The summed E-state index contributed by atoms with van der Waals surface area (Å²) in [5, 5.41) is 2.42. The highest BCUT2D eigenvalue weighted by Gasteiger charge is 2.30. The number of hydrogen-bond acceptors (Lipinski definition) is 5. The van der Waals surface area contributed by atoms with Gasteiger partial charge in [0.15, 0.2) is 6.79 Å². The molecule has 0 radical (unpaired) electrons. The highest BCUT2D eigenvalue weighted by molar-refractivity contribution is 7.77. The van der Waals surface area contributed by atoms with Crippen LogP contribution in [0.25, 0.3) is 10.9 Å². The first-order chi connectivity index (χ1) is 16.0. The fourth-order valence-electron chi connectivity index (χ4n) is 4.12. The number of carbonyl (C=O) groups excluding carboxylic acids is 1. The van der Waals surface area contributed by atoms with E-state index < -0.39 is 0 Å². The van der Waals surface area contributed by atoms with E-state index in [2.05, 4.69) is 26.9 Å². The number of halogens is 1. The van der Waals surface area contributed by atoms with Crippen LogP contribution in [-0.4, -0.2) is 71.5 Å². The average molecular weight is 474 g/mol. The van der Waals surface area contributed by atoms with Crippen LogP contribution >= 0.6 is 0 Å². The minimum atomic E-state index is -0.249. The second-order valence-corrected chi connectivity index (χ2v) is 9.42. The summed E-state index contributed by atoms with van der Waals surface area (Å²) in [6.07, 6.45) is 6.60. The molecule has 3 aromatic rings. The van der Waals surface area contributed by atoms with Crippen molar-refractivity contribution in [3.8, 4) is 0 Å². The minimum absolute atomic E-state index is 0.0543. The van der Waals surface area contributed by atoms with Crippen molar-refractivity contribution in [1.29, 1.82) is 0 Å². The van der Waals surface area contributed by atoms with Crippen molar-refractivity contribution in [2.75, 3.05) is 46.0 Å². The number of carbonyl (C=O) groups is 1. The lowest BCUT2D eigenvalue weighted by Crippen LogP contribution is -2.39. The normalized spacial score (nSPS) is 13.8. The van der Waals surface area contributed by atoms with E-state index in [1.54, 1.807) is 18.3 Å². The van der Waals surface area contributed by atoms with Crippen molar-refractivity contribution in [3.63, 3.8) is 0 Å². The molecule has 0 spiro atoms. The van der Waals surface area contributed by atoms with Crippen molar-refractivity contribution < 1.29 is 18.8 Å². The zero-order valence-corrected chi connectivity index (χ0v) is 20.1. The van der Waals surface area contributed by atoms with Gasteiger partial charge in [0.25, 0.3) is 5.91 Å². The third-order valence-electron chi connectivity index (χ3n) is 5.60. The third-order valence-corrected chi connectivity index (χ3v) is 6.23. The molecule has 2 aromatic heterocycles. The van der Waals surface area contributed by atoms with E-state index in [0.29, 0.717) is 31.8 Å². The van der Waals surface area contributed by atoms with Gasteiger partial charge in [0, 0.05) is 24.7 Å². The number of aromatic nitrogens is 2. The summed E-state index contributed by atoms with van der Waals surface area (Å²) in [6.45, 7) is 2.45. The second-order valence-electron chi connectivity index (χ2n) is 8.34. The summed E-state index contributed by atoms with van der Waals surface area (Å²) >= 11 is 1.26. The van der Waals surface area contributed by atoms with Crippen LogP contribution in [0, 0.1) is 5.82 Å². The van der Waals surface area contributed by atoms with E-state index in [-0.39, 0.29) is 18.5 Å². The standard InChI is InChI=1S/C24H29FN4O3S/c1-27(2)14-18-15-28(13-17-4-6-19(25)7-5-17)21-12-26-23-20(22(18)21)8-9-29(24(23)30)32-16-31-10-11-33-3/h4-7,12,15H,8-11,13-14,16H2,1-3H3/p+1. The summed E-state index contributed by atoms with van der Waals surface area (Å²) in [4.78, 5) is 25.3. The number of hydroxylamine groups is 2. The smallest absolute Gasteiger partial charge is 0.296 e. The van der Waals surface area contributed by atoms with Crippen LogP contribution < -0.4 is 0 Å². The van der Waals surface area contributed by atoms with Gasteiger partial charge in [0.2, 0.25) is 0 Å². The van der Waals surface area contributed by atoms with Crippen molar-refractivity contribution in [2.24, 2.45) is 0 Å². The van der Waals surface area contributed by atoms with Crippen molar-refractivity contribution in [1.82, 2.24) is 19.5 Å². The monoisotopic (exact) mass is 473 g/mol. The number of rotatable bonds is 10. The molecule has 33 heavy (non-hydrogen) atoms. The Morgan fingerprint density at radius 2 is 2.03 bits per heavy atom. The maximum atomic E-state index is 13.3. The Bertz CT molecular complexity index is 1120. The Morgan fingerprint density at radius 1 is 1.24 bits per heavy atom. The highest BCUT2D eigenvalue weighted by Crippen LogP contribution is 2.31. The van der Waals surface area contributed by atoms with Gasteiger partial charge in [-0.25, -0.2) is 19.3 Å². The van der Waals surface area contributed by atoms with Gasteiger partial charge in [-0.2, -0.15) is 0 Å². The number of benzene rings is 1. The number of nitrogens with zero attached hydrogens (tertiary/aromatic N) is 4. The summed E-state index contributed by atoms with van der Waals surface area (Å²) in [6, 6.07) is 6.53.